The maximum atomic E-state index is 12.8. The van der Waals surface area contributed by atoms with Crippen molar-refractivity contribution in [1.82, 2.24) is 15.5 Å². The van der Waals surface area contributed by atoms with Crippen molar-refractivity contribution in [2.45, 2.75) is 59.5 Å². The van der Waals surface area contributed by atoms with E-state index in [1.807, 2.05) is 50.8 Å². The van der Waals surface area contributed by atoms with Crippen LogP contribution in [0.4, 0.5) is 0 Å². The molecule has 1 atom stereocenters. The van der Waals surface area contributed by atoms with Crippen molar-refractivity contribution in [3.63, 3.8) is 0 Å². The zero-order valence-electron chi connectivity index (χ0n) is 19.2. The van der Waals surface area contributed by atoms with Gasteiger partial charge < -0.3 is 20.1 Å². The SMILES string of the molecule is CCN(CC(=O)N[C@H](c1ccc2c(c1)OCCCO2)C(C)C)CC(=O)NC(C)(C)C. The molecule has 2 N–H and O–H groups in total. The highest BCUT2D eigenvalue weighted by molar-refractivity contribution is 5.81. The lowest BCUT2D eigenvalue weighted by Crippen LogP contribution is -2.48. The van der Waals surface area contributed by atoms with Crippen LogP contribution in [0.1, 0.15) is 59.6 Å². The number of benzene rings is 1. The van der Waals surface area contributed by atoms with E-state index >= 15 is 0 Å². The second-order valence-electron chi connectivity index (χ2n) is 9.15. The summed E-state index contributed by atoms with van der Waals surface area (Å²) in [6.45, 7) is 14.2. The van der Waals surface area contributed by atoms with Crippen LogP contribution < -0.4 is 20.1 Å². The van der Waals surface area contributed by atoms with Crippen LogP contribution in [-0.2, 0) is 9.59 Å². The third-order valence-corrected chi connectivity index (χ3v) is 4.81. The molecule has 1 aromatic carbocycles. The van der Waals surface area contributed by atoms with Gasteiger partial charge in [0, 0.05) is 12.0 Å². The van der Waals surface area contributed by atoms with E-state index in [2.05, 4.69) is 24.5 Å². The van der Waals surface area contributed by atoms with Crippen molar-refractivity contribution in [3.8, 4) is 11.5 Å². The molecule has 0 radical (unpaired) electrons. The smallest absolute Gasteiger partial charge is 0.234 e. The molecule has 2 amide bonds. The number of fused-ring (bicyclic) bond motifs is 1. The highest BCUT2D eigenvalue weighted by atomic mass is 16.5. The number of hydrogen-bond acceptors (Lipinski definition) is 5. The summed E-state index contributed by atoms with van der Waals surface area (Å²) in [5.41, 5.74) is 0.689. The van der Waals surface area contributed by atoms with Gasteiger partial charge in [-0.2, -0.15) is 0 Å². The van der Waals surface area contributed by atoms with Crippen LogP contribution in [0, 0.1) is 5.92 Å². The van der Waals surface area contributed by atoms with Crippen LogP contribution in [0.5, 0.6) is 11.5 Å². The Morgan fingerprint density at radius 2 is 1.70 bits per heavy atom. The lowest BCUT2D eigenvalue weighted by atomic mass is 9.95. The predicted octanol–water partition coefficient (Wildman–Crippen LogP) is 2.90. The minimum atomic E-state index is -0.293. The zero-order chi connectivity index (χ0) is 22.3. The van der Waals surface area contributed by atoms with Crippen molar-refractivity contribution in [2.24, 2.45) is 5.92 Å². The first-order valence-corrected chi connectivity index (χ1v) is 10.8. The van der Waals surface area contributed by atoms with Crippen molar-refractivity contribution in [3.05, 3.63) is 23.8 Å². The van der Waals surface area contributed by atoms with E-state index in [4.69, 9.17) is 9.47 Å². The number of carbonyl (C=O) groups excluding carboxylic acids is 2. The highest BCUT2D eigenvalue weighted by Gasteiger charge is 2.23. The molecule has 1 aromatic rings. The van der Waals surface area contributed by atoms with Gasteiger partial charge >= 0.3 is 0 Å². The molecule has 7 heteroatoms. The second-order valence-corrected chi connectivity index (χ2v) is 9.15. The van der Waals surface area contributed by atoms with Crippen molar-refractivity contribution < 1.29 is 19.1 Å². The zero-order valence-corrected chi connectivity index (χ0v) is 19.2. The molecular formula is C23H37N3O4. The molecule has 1 heterocycles. The Morgan fingerprint density at radius 1 is 1.07 bits per heavy atom. The maximum Gasteiger partial charge on any atom is 0.234 e. The lowest BCUT2D eigenvalue weighted by Gasteiger charge is -2.27. The Hall–Kier alpha value is -2.28. The Balaban J connectivity index is 2.03. The van der Waals surface area contributed by atoms with E-state index in [1.54, 1.807) is 0 Å². The summed E-state index contributed by atoms with van der Waals surface area (Å²) in [6, 6.07) is 5.69. The standard InChI is InChI=1S/C23H37N3O4/c1-7-26(15-21(28)25-23(4,5)6)14-20(27)24-22(16(2)3)17-9-10-18-19(13-17)30-12-8-11-29-18/h9-10,13,16,22H,7-8,11-12,14-15H2,1-6H3,(H,24,27)(H,25,28)/t22-/m0/s1. The van der Waals surface area contributed by atoms with Gasteiger partial charge in [0.2, 0.25) is 11.8 Å². The Labute approximate surface area is 180 Å². The summed E-state index contributed by atoms with van der Waals surface area (Å²) >= 11 is 0. The number of amides is 2. The summed E-state index contributed by atoms with van der Waals surface area (Å²) in [4.78, 5) is 26.8. The van der Waals surface area contributed by atoms with Crippen molar-refractivity contribution >= 4 is 11.8 Å². The number of carbonyl (C=O) groups is 2. The van der Waals surface area contributed by atoms with Crippen LogP contribution in [0.15, 0.2) is 18.2 Å². The van der Waals surface area contributed by atoms with E-state index in [-0.39, 0.29) is 42.4 Å². The Kier molecular flexibility index (Phi) is 8.53. The van der Waals surface area contributed by atoms with Crippen LogP contribution >= 0.6 is 0 Å². The molecule has 0 fully saturated rings. The molecule has 1 aliphatic heterocycles. The molecule has 0 aromatic heterocycles. The molecule has 2 rings (SSSR count). The molecule has 168 valence electrons. The number of nitrogens with one attached hydrogen (secondary N) is 2. The quantitative estimate of drug-likeness (QED) is 0.677. The van der Waals surface area contributed by atoms with E-state index in [0.29, 0.717) is 19.8 Å². The molecule has 30 heavy (non-hydrogen) atoms. The molecule has 7 nitrogen and oxygen atoms in total. The highest BCUT2D eigenvalue weighted by Crippen LogP contribution is 2.34. The molecular weight excluding hydrogens is 382 g/mol. The van der Waals surface area contributed by atoms with E-state index in [0.717, 1.165) is 23.5 Å². The van der Waals surface area contributed by atoms with Gasteiger partial charge in [-0.25, -0.2) is 0 Å². The molecule has 0 saturated carbocycles. The van der Waals surface area contributed by atoms with Gasteiger partial charge in [-0.1, -0.05) is 26.8 Å². The Morgan fingerprint density at radius 3 is 2.30 bits per heavy atom. The summed E-state index contributed by atoms with van der Waals surface area (Å²) in [6.07, 6.45) is 0.851. The molecule has 0 unspecified atom stereocenters. The predicted molar refractivity (Wildman–Crippen MR) is 118 cm³/mol. The molecule has 0 aliphatic carbocycles. The summed E-state index contributed by atoms with van der Waals surface area (Å²) < 4.78 is 11.5. The van der Waals surface area contributed by atoms with Gasteiger partial charge in [0.05, 0.1) is 32.3 Å². The van der Waals surface area contributed by atoms with Gasteiger partial charge in [-0.05, 0) is 50.9 Å². The van der Waals surface area contributed by atoms with E-state index < -0.39 is 0 Å². The van der Waals surface area contributed by atoms with Gasteiger partial charge in [-0.3, -0.25) is 14.5 Å². The Bertz CT molecular complexity index is 728. The number of hydrogen-bond donors (Lipinski definition) is 2. The number of ether oxygens (including phenoxy) is 2. The van der Waals surface area contributed by atoms with E-state index in [1.165, 1.54) is 0 Å². The van der Waals surface area contributed by atoms with Crippen LogP contribution in [0.25, 0.3) is 0 Å². The fourth-order valence-corrected chi connectivity index (χ4v) is 3.37. The largest absolute Gasteiger partial charge is 0.490 e. The first-order chi connectivity index (χ1) is 14.1. The van der Waals surface area contributed by atoms with Crippen molar-refractivity contribution in [1.29, 1.82) is 0 Å². The minimum Gasteiger partial charge on any atom is -0.490 e. The molecule has 0 spiro atoms. The molecule has 0 saturated heterocycles. The normalized spacial score (nSPS) is 14.9. The summed E-state index contributed by atoms with van der Waals surface area (Å²) in [7, 11) is 0. The molecule has 1 aliphatic rings. The average Bonchev–Trinajstić information content (AvgIpc) is 2.88. The minimum absolute atomic E-state index is 0.0829. The lowest BCUT2D eigenvalue weighted by molar-refractivity contribution is -0.126. The van der Waals surface area contributed by atoms with Gasteiger partial charge in [0.15, 0.2) is 11.5 Å². The molecule has 0 bridgehead atoms. The topological polar surface area (TPSA) is 79.9 Å². The maximum absolute atomic E-state index is 12.8. The number of likely N-dealkylation sites (N-methyl/N-ethyl adjacent to an activating group) is 1. The van der Waals surface area contributed by atoms with Crippen LogP contribution in [0.3, 0.4) is 0 Å². The fraction of sp³-hybridized carbons (Fsp3) is 0.652. The number of nitrogens with zero attached hydrogens (tertiary/aromatic N) is 1. The summed E-state index contributed by atoms with van der Waals surface area (Å²) in [5.74, 6) is 1.47. The third kappa shape index (κ3) is 7.52. The fourth-order valence-electron chi connectivity index (χ4n) is 3.37. The number of rotatable bonds is 8. The second kappa shape index (κ2) is 10.7. The monoisotopic (exact) mass is 419 g/mol. The first kappa shape index (κ1) is 24.0. The first-order valence-electron chi connectivity index (χ1n) is 10.8. The third-order valence-electron chi connectivity index (χ3n) is 4.81. The summed E-state index contributed by atoms with van der Waals surface area (Å²) in [5, 5.41) is 6.07. The van der Waals surface area contributed by atoms with Crippen LogP contribution in [-0.4, -0.2) is 55.1 Å². The van der Waals surface area contributed by atoms with Gasteiger partial charge in [-0.15, -0.1) is 0 Å². The van der Waals surface area contributed by atoms with Crippen molar-refractivity contribution in [2.75, 3.05) is 32.8 Å². The van der Waals surface area contributed by atoms with Gasteiger partial charge in [0.1, 0.15) is 0 Å². The van der Waals surface area contributed by atoms with Gasteiger partial charge in [0.25, 0.3) is 0 Å². The van der Waals surface area contributed by atoms with Crippen LogP contribution in [0.2, 0.25) is 0 Å². The average molecular weight is 420 g/mol. The van der Waals surface area contributed by atoms with E-state index in [9.17, 15) is 9.59 Å².